The minimum Gasteiger partial charge on any atom is -0.0654 e. The van der Waals surface area contributed by atoms with Gasteiger partial charge in [0.05, 0.1) is 0 Å². The predicted octanol–water partition coefficient (Wildman–Crippen LogP) is 4.25. The van der Waals surface area contributed by atoms with Gasteiger partial charge in [0, 0.05) is 0 Å². The molecule has 0 heteroatoms. The molecule has 0 spiro atoms. The maximum Gasteiger partial charge on any atom is -0.0417 e. The molecular weight excluding hydrogens is 132 g/mol. The SMILES string of the molecule is CCCC(C)CC(CC)CC. The molecule has 0 aromatic carbocycles. The van der Waals surface area contributed by atoms with Crippen LogP contribution >= 0.6 is 0 Å². The molecule has 1 unspecified atom stereocenters. The molecule has 1 atom stereocenters. The van der Waals surface area contributed by atoms with Gasteiger partial charge < -0.3 is 0 Å². The van der Waals surface area contributed by atoms with Gasteiger partial charge in [-0.05, 0) is 18.3 Å². The molecule has 11 heavy (non-hydrogen) atoms. The van der Waals surface area contributed by atoms with Crippen molar-refractivity contribution in [1.82, 2.24) is 0 Å². The Morgan fingerprint density at radius 2 is 1.55 bits per heavy atom. The van der Waals surface area contributed by atoms with E-state index in [4.69, 9.17) is 0 Å². The molecule has 0 nitrogen and oxygen atoms in total. The van der Waals surface area contributed by atoms with E-state index in [1.807, 2.05) is 0 Å². The van der Waals surface area contributed by atoms with Gasteiger partial charge in [-0.1, -0.05) is 53.4 Å². The highest BCUT2D eigenvalue weighted by molar-refractivity contribution is 4.60. The quantitative estimate of drug-likeness (QED) is 0.539. The molecule has 0 aromatic heterocycles. The summed E-state index contributed by atoms with van der Waals surface area (Å²) in [5, 5.41) is 0. The summed E-state index contributed by atoms with van der Waals surface area (Å²) in [5.74, 6) is 1.93. The fraction of sp³-hybridized carbons (Fsp3) is 1.00. The van der Waals surface area contributed by atoms with Crippen molar-refractivity contribution >= 4 is 0 Å². The largest absolute Gasteiger partial charge is 0.0654 e. The first-order valence-corrected chi connectivity index (χ1v) is 5.24. The van der Waals surface area contributed by atoms with Crippen LogP contribution in [0.15, 0.2) is 0 Å². The molecule has 0 N–H and O–H groups in total. The second-order valence-electron chi connectivity index (χ2n) is 3.81. The summed E-state index contributed by atoms with van der Waals surface area (Å²) in [4.78, 5) is 0. The van der Waals surface area contributed by atoms with E-state index in [0.29, 0.717) is 0 Å². The van der Waals surface area contributed by atoms with Gasteiger partial charge in [0.2, 0.25) is 0 Å². The van der Waals surface area contributed by atoms with Gasteiger partial charge in [0.25, 0.3) is 0 Å². The molecule has 0 saturated carbocycles. The molecule has 0 fully saturated rings. The first-order valence-electron chi connectivity index (χ1n) is 5.24. The topological polar surface area (TPSA) is 0 Å². The predicted molar refractivity (Wildman–Crippen MR) is 52.8 cm³/mol. The van der Waals surface area contributed by atoms with Crippen molar-refractivity contribution in [3.8, 4) is 0 Å². The van der Waals surface area contributed by atoms with Crippen LogP contribution in [0.25, 0.3) is 0 Å². The third kappa shape index (κ3) is 5.29. The van der Waals surface area contributed by atoms with Crippen molar-refractivity contribution in [2.24, 2.45) is 11.8 Å². The average Bonchev–Trinajstić information content (AvgIpc) is 2.01. The lowest BCUT2D eigenvalue weighted by molar-refractivity contribution is 0.355. The third-order valence-corrected chi connectivity index (χ3v) is 2.67. The van der Waals surface area contributed by atoms with Crippen molar-refractivity contribution in [3.05, 3.63) is 0 Å². The molecule has 0 aliphatic rings. The van der Waals surface area contributed by atoms with E-state index < -0.39 is 0 Å². The molecular formula is C11H24. The summed E-state index contributed by atoms with van der Waals surface area (Å²) >= 11 is 0. The number of hydrogen-bond donors (Lipinski definition) is 0. The molecule has 0 aromatic rings. The van der Waals surface area contributed by atoms with Crippen LogP contribution in [0.4, 0.5) is 0 Å². The Morgan fingerprint density at radius 1 is 1.00 bits per heavy atom. The Kier molecular flexibility index (Phi) is 6.69. The fourth-order valence-electron chi connectivity index (χ4n) is 1.80. The summed E-state index contributed by atoms with van der Waals surface area (Å²) in [7, 11) is 0. The lowest BCUT2D eigenvalue weighted by Crippen LogP contribution is -2.04. The smallest absolute Gasteiger partial charge is 0.0417 e. The van der Waals surface area contributed by atoms with Gasteiger partial charge in [-0.3, -0.25) is 0 Å². The van der Waals surface area contributed by atoms with Crippen molar-refractivity contribution in [3.63, 3.8) is 0 Å². The zero-order valence-electron chi connectivity index (χ0n) is 8.69. The Morgan fingerprint density at radius 3 is 1.91 bits per heavy atom. The van der Waals surface area contributed by atoms with E-state index in [0.717, 1.165) is 11.8 Å². The van der Waals surface area contributed by atoms with Gasteiger partial charge in [-0.15, -0.1) is 0 Å². The Bertz CT molecular complexity index is 72.1. The highest BCUT2D eigenvalue weighted by Crippen LogP contribution is 2.21. The summed E-state index contributed by atoms with van der Waals surface area (Å²) in [5.41, 5.74) is 0. The van der Waals surface area contributed by atoms with Crippen LogP contribution in [-0.4, -0.2) is 0 Å². The third-order valence-electron chi connectivity index (χ3n) is 2.67. The Balaban J connectivity index is 3.44. The molecule has 68 valence electrons. The van der Waals surface area contributed by atoms with E-state index >= 15 is 0 Å². The Labute approximate surface area is 72.4 Å². The first kappa shape index (κ1) is 11.0. The van der Waals surface area contributed by atoms with E-state index in [-0.39, 0.29) is 0 Å². The average molecular weight is 156 g/mol. The molecule has 0 radical (unpaired) electrons. The van der Waals surface area contributed by atoms with Crippen LogP contribution in [-0.2, 0) is 0 Å². The highest BCUT2D eigenvalue weighted by atomic mass is 14.1. The summed E-state index contributed by atoms with van der Waals surface area (Å²) in [6.07, 6.45) is 6.94. The molecule has 0 amide bonds. The summed E-state index contributed by atoms with van der Waals surface area (Å²) in [6, 6.07) is 0. The molecule has 0 aliphatic carbocycles. The van der Waals surface area contributed by atoms with Gasteiger partial charge in [0.15, 0.2) is 0 Å². The van der Waals surface area contributed by atoms with E-state index in [1.165, 1.54) is 32.1 Å². The molecule has 0 bridgehead atoms. The minimum atomic E-state index is 0.949. The van der Waals surface area contributed by atoms with Gasteiger partial charge in [-0.25, -0.2) is 0 Å². The van der Waals surface area contributed by atoms with Crippen molar-refractivity contribution < 1.29 is 0 Å². The molecule has 0 aliphatic heterocycles. The Hall–Kier alpha value is 0. The van der Waals surface area contributed by atoms with Crippen LogP contribution < -0.4 is 0 Å². The zero-order valence-corrected chi connectivity index (χ0v) is 8.69. The maximum absolute atomic E-state index is 2.39. The maximum atomic E-state index is 2.39. The monoisotopic (exact) mass is 156 g/mol. The second kappa shape index (κ2) is 6.69. The normalized spacial score (nSPS) is 13.9. The minimum absolute atomic E-state index is 0.949. The number of rotatable bonds is 6. The highest BCUT2D eigenvalue weighted by Gasteiger charge is 2.08. The van der Waals surface area contributed by atoms with Crippen LogP contribution in [0.3, 0.4) is 0 Å². The van der Waals surface area contributed by atoms with Crippen LogP contribution in [0.1, 0.15) is 59.8 Å². The zero-order chi connectivity index (χ0) is 8.69. The first-order chi connectivity index (χ1) is 5.24. The lowest BCUT2D eigenvalue weighted by Gasteiger charge is -2.17. The molecule has 0 heterocycles. The fourth-order valence-corrected chi connectivity index (χ4v) is 1.80. The summed E-state index contributed by atoms with van der Waals surface area (Å²) < 4.78 is 0. The standard InChI is InChI=1S/C11H24/c1-5-8-10(4)9-11(6-2)7-3/h10-11H,5-9H2,1-4H3. The summed E-state index contributed by atoms with van der Waals surface area (Å²) in [6.45, 7) is 9.30. The lowest BCUT2D eigenvalue weighted by atomic mass is 9.89. The van der Waals surface area contributed by atoms with Crippen LogP contribution in [0.2, 0.25) is 0 Å². The molecule has 0 rings (SSSR count). The van der Waals surface area contributed by atoms with Crippen LogP contribution in [0, 0.1) is 11.8 Å². The van der Waals surface area contributed by atoms with Gasteiger partial charge in [-0.2, -0.15) is 0 Å². The van der Waals surface area contributed by atoms with Gasteiger partial charge >= 0.3 is 0 Å². The van der Waals surface area contributed by atoms with E-state index in [9.17, 15) is 0 Å². The van der Waals surface area contributed by atoms with Crippen LogP contribution in [0.5, 0.6) is 0 Å². The van der Waals surface area contributed by atoms with Crippen molar-refractivity contribution in [2.75, 3.05) is 0 Å². The van der Waals surface area contributed by atoms with Gasteiger partial charge in [0.1, 0.15) is 0 Å². The number of hydrogen-bond acceptors (Lipinski definition) is 0. The molecule has 0 saturated heterocycles. The van der Waals surface area contributed by atoms with E-state index in [2.05, 4.69) is 27.7 Å². The van der Waals surface area contributed by atoms with Crippen molar-refractivity contribution in [1.29, 1.82) is 0 Å². The second-order valence-corrected chi connectivity index (χ2v) is 3.81. The van der Waals surface area contributed by atoms with E-state index in [1.54, 1.807) is 0 Å². The van der Waals surface area contributed by atoms with Crippen molar-refractivity contribution in [2.45, 2.75) is 59.8 Å².